The van der Waals surface area contributed by atoms with Crippen LogP contribution in [-0.4, -0.2) is 36.2 Å². The van der Waals surface area contributed by atoms with E-state index in [1.807, 2.05) is 12.1 Å². The van der Waals surface area contributed by atoms with Crippen molar-refractivity contribution in [3.8, 4) is 0 Å². The van der Waals surface area contributed by atoms with Crippen LogP contribution in [0.15, 0.2) is 24.3 Å². The van der Waals surface area contributed by atoms with E-state index in [0.29, 0.717) is 5.56 Å². The van der Waals surface area contributed by atoms with Crippen LogP contribution in [0.5, 0.6) is 0 Å². The zero-order valence-electron chi connectivity index (χ0n) is 10.2. The summed E-state index contributed by atoms with van der Waals surface area (Å²) in [6.07, 6.45) is 0. The molecule has 4 heteroatoms. The predicted octanol–water partition coefficient (Wildman–Crippen LogP) is 1.57. The van der Waals surface area contributed by atoms with Crippen LogP contribution in [0, 0.1) is 0 Å². The summed E-state index contributed by atoms with van der Waals surface area (Å²) in [4.78, 5) is 13.0. The van der Waals surface area contributed by atoms with Gasteiger partial charge in [0, 0.05) is 30.9 Å². The first kappa shape index (κ1) is 11.9. The first-order valence-electron chi connectivity index (χ1n) is 5.81. The Morgan fingerprint density at radius 1 is 1.35 bits per heavy atom. The molecule has 2 rings (SSSR count). The Labute approximate surface area is 101 Å². The SMILES string of the molecule is CC1(C)CN(c2ccc(C(=O)O)cc2)CCN1. The summed E-state index contributed by atoms with van der Waals surface area (Å²) >= 11 is 0. The lowest BCUT2D eigenvalue weighted by Gasteiger charge is -2.40. The van der Waals surface area contributed by atoms with Gasteiger partial charge in [-0.15, -0.1) is 0 Å². The van der Waals surface area contributed by atoms with Gasteiger partial charge in [0.2, 0.25) is 0 Å². The molecule has 1 aromatic rings. The summed E-state index contributed by atoms with van der Waals surface area (Å²) in [5.74, 6) is -0.878. The van der Waals surface area contributed by atoms with Gasteiger partial charge in [0.1, 0.15) is 0 Å². The number of carboxylic acid groups (broad SMARTS) is 1. The third-order valence-corrected chi connectivity index (χ3v) is 3.05. The fraction of sp³-hybridized carbons (Fsp3) is 0.462. The Balaban J connectivity index is 2.14. The average Bonchev–Trinajstić information content (AvgIpc) is 2.28. The molecule has 1 saturated heterocycles. The molecular formula is C13H18N2O2. The van der Waals surface area contributed by atoms with Gasteiger partial charge in [-0.2, -0.15) is 0 Å². The summed E-state index contributed by atoms with van der Waals surface area (Å²) in [6.45, 7) is 7.18. The minimum absolute atomic E-state index is 0.101. The Kier molecular flexibility index (Phi) is 3.07. The average molecular weight is 234 g/mol. The van der Waals surface area contributed by atoms with Gasteiger partial charge in [-0.3, -0.25) is 0 Å². The van der Waals surface area contributed by atoms with Crippen LogP contribution in [0.4, 0.5) is 5.69 Å². The standard InChI is InChI=1S/C13H18N2O2/c1-13(2)9-15(8-7-14-13)11-5-3-10(4-6-11)12(16)17/h3-6,14H,7-9H2,1-2H3,(H,16,17). The van der Waals surface area contributed by atoms with Crippen molar-refractivity contribution in [2.45, 2.75) is 19.4 Å². The number of piperazine rings is 1. The number of benzene rings is 1. The number of aromatic carboxylic acids is 1. The minimum Gasteiger partial charge on any atom is -0.478 e. The van der Waals surface area contributed by atoms with E-state index >= 15 is 0 Å². The number of rotatable bonds is 2. The number of hydrogen-bond donors (Lipinski definition) is 2. The lowest BCUT2D eigenvalue weighted by atomic mass is 10.0. The molecule has 1 aliphatic heterocycles. The largest absolute Gasteiger partial charge is 0.478 e. The summed E-state index contributed by atoms with van der Waals surface area (Å²) in [6, 6.07) is 7.08. The van der Waals surface area contributed by atoms with Gasteiger partial charge >= 0.3 is 5.97 Å². The van der Waals surface area contributed by atoms with Crippen molar-refractivity contribution in [1.29, 1.82) is 0 Å². The lowest BCUT2D eigenvalue weighted by molar-refractivity contribution is 0.0697. The zero-order chi connectivity index (χ0) is 12.5. The molecule has 0 radical (unpaired) electrons. The van der Waals surface area contributed by atoms with Crippen LogP contribution >= 0.6 is 0 Å². The monoisotopic (exact) mass is 234 g/mol. The zero-order valence-corrected chi connectivity index (χ0v) is 10.2. The normalized spacial score (nSPS) is 19.1. The molecular weight excluding hydrogens is 216 g/mol. The van der Waals surface area contributed by atoms with E-state index in [0.717, 1.165) is 25.3 Å². The number of hydrogen-bond acceptors (Lipinski definition) is 3. The molecule has 1 heterocycles. The van der Waals surface area contributed by atoms with Gasteiger partial charge < -0.3 is 15.3 Å². The first-order chi connectivity index (χ1) is 7.98. The molecule has 0 bridgehead atoms. The Bertz CT molecular complexity index is 412. The molecule has 92 valence electrons. The molecule has 1 aliphatic rings. The molecule has 1 aromatic carbocycles. The quantitative estimate of drug-likeness (QED) is 0.815. The van der Waals surface area contributed by atoms with Crippen molar-refractivity contribution in [3.05, 3.63) is 29.8 Å². The molecule has 2 N–H and O–H groups in total. The number of carbonyl (C=O) groups is 1. The van der Waals surface area contributed by atoms with Gasteiger partial charge in [-0.25, -0.2) is 4.79 Å². The number of carboxylic acids is 1. The van der Waals surface area contributed by atoms with Gasteiger partial charge in [-0.05, 0) is 38.1 Å². The van der Waals surface area contributed by atoms with Gasteiger partial charge in [0.25, 0.3) is 0 Å². The molecule has 0 saturated carbocycles. The highest BCUT2D eigenvalue weighted by Crippen LogP contribution is 2.20. The summed E-state index contributed by atoms with van der Waals surface area (Å²) in [5, 5.41) is 12.3. The summed E-state index contributed by atoms with van der Waals surface area (Å²) < 4.78 is 0. The first-order valence-corrected chi connectivity index (χ1v) is 5.81. The van der Waals surface area contributed by atoms with E-state index in [9.17, 15) is 4.79 Å². The maximum absolute atomic E-state index is 10.8. The Morgan fingerprint density at radius 2 is 2.00 bits per heavy atom. The van der Waals surface area contributed by atoms with Crippen molar-refractivity contribution in [1.82, 2.24) is 5.32 Å². The molecule has 17 heavy (non-hydrogen) atoms. The highest BCUT2D eigenvalue weighted by Gasteiger charge is 2.25. The van der Waals surface area contributed by atoms with Gasteiger partial charge in [0.15, 0.2) is 0 Å². The fourth-order valence-electron chi connectivity index (χ4n) is 2.18. The van der Waals surface area contributed by atoms with Crippen LogP contribution < -0.4 is 10.2 Å². The van der Waals surface area contributed by atoms with Crippen molar-refractivity contribution in [3.63, 3.8) is 0 Å². The van der Waals surface area contributed by atoms with Crippen LogP contribution in [0.2, 0.25) is 0 Å². The van der Waals surface area contributed by atoms with Crippen LogP contribution in [0.25, 0.3) is 0 Å². The third kappa shape index (κ3) is 2.77. The van der Waals surface area contributed by atoms with Crippen LogP contribution in [-0.2, 0) is 0 Å². The molecule has 0 amide bonds. The Morgan fingerprint density at radius 3 is 2.53 bits per heavy atom. The molecule has 0 aromatic heterocycles. The maximum Gasteiger partial charge on any atom is 0.335 e. The minimum atomic E-state index is -0.878. The fourth-order valence-corrected chi connectivity index (χ4v) is 2.18. The number of nitrogens with one attached hydrogen (secondary N) is 1. The van der Waals surface area contributed by atoms with Crippen molar-refractivity contribution < 1.29 is 9.90 Å². The third-order valence-electron chi connectivity index (χ3n) is 3.05. The summed E-state index contributed by atoms with van der Waals surface area (Å²) in [7, 11) is 0. The highest BCUT2D eigenvalue weighted by molar-refractivity contribution is 5.88. The van der Waals surface area contributed by atoms with Gasteiger partial charge in [-0.1, -0.05) is 0 Å². The topological polar surface area (TPSA) is 52.6 Å². The van der Waals surface area contributed by atoms with Crippen LogP contribution in [0.1, 0.15) is 24.2 Å². The van der Waals surface area contributed by atoms with Crippen molar-refractivity contribution >= 4 is 11.7 Å². The number of nitrogens with zero attached hydrogens (tertiary/aromatic N) is 1. The van der Waals surface area contributed by atoms with E-state index in [-0.39, 0.29) is 5.54 Å². The molecule has 1 fully saturated rings. The van der Waals surface area contributed by atoms with E-state index in [4.69, 9.17) is 5.11 Å². The second-order valence-electron chi connectivity index (χ2n) is 5.08. The van der Waals surface area contributed by atoms with E-state index < -0.39 is 5.97 Å². The second-order valence-corrected chi connectivity index (χ2v) is 5.08. The second kappa shape index (κ2) is 4.37. The molecule has 0 unspecified atom stereocenters. The molecule has 0 aliphatic carbocycles. The summed E-state index contributed by atoms with van der Waals surface area (Å²) in [5.41, 5.74) is 1.52. The van der Waals surface area contributed by atoms with E-state index in [1.165, 1.54) is 0 Å². The molecule has 0 spiro atoms. The highest BCUT2D eigenvalue weighted by atomic mass is 16.4. The van der Waals surface area contributed by atoms with Crippen molar-refractivity contribution in [2.75, 3.05) is 24.5 Å². The smallest absolute Gasteiger partial charge is 0.335 e. The number of anilines is 1. The van der Waals surface area contributed by atoms with Crippen molar-refractivity contribution in [2.24, 2.45) is 0 Å². The maximum atomic E-state index is 10.8. The predicted molar refractivity (Wildman–Crippen MR) is 67.7 cm³/mol. The molecule has 4 nitrogen and oxygen atoms in total. The van der Waals surface area contributed by atoms with Gasteiger partial charge in [0.05, 0.1) is 5.56 Å². The lowest BCUT2D eigenvalue weighted by Crippen LogP contribution is -2.57. The van der Waals surface area contributed by atoms with E-state index in [1.54, 1.807) is 12.1 Å². The van der Waals surface area contributed by atoms with E-state index in [2.05, 4.69) is 24.1 Å². The van der Waals surface area contributed by atoms with Crippen LogP contribution in [0.3, 0.4) is 0 Å². The molecule has 0 atom stereocenters. The Hall–Kier alpha value is -1.55.